The molecule has 1 aliphatic heterocycles. The Labute approximate surface area is 155 Å². The largest absolute Gasteiger partial charge is 0.443 e. The SMILES string of the molecule is CC(C)(C)OC(=O)N1CCc2c(-c3cc[nH]n3)sc(S(C)(=O)=O)c2C1=O. The van der Waals surface area contributed by atoms with Gasteiger partial charge in [-0.25, -0.2) is 18.1 Å². The fourth-order valence-electron chi connectivity index (χ4n) is 2.70. The number of hydrogen-bond donors (Lipinski definition) is 1. The molecule has 0 atom stereocenters. The zero-order chi connectivity index (χ0) is 19.3. The van der Waals surface area contributed by atoms with E-state index in [-0.39, 0.29) is 16.3 Å². The molecular formula is C16H19N3O5S2. The van der Waals surface area contributed by atoms with Crippen LogP contribution in [0.15, 0.2) is 16.5 Å². The maximum Gasteiger partial charge on any atom is 0.417 e. The van der Waals surface area contributed by atoms with Gasteiger partial charge < -0.3 is 4.74 Å². The maximum absolute atomic E-state index is 12.9. The van der Waals surface area contributed by atoms with Gasteiger partial charge in [-0.2, -0.15) is 5.10 Å². The van der Waals surface area contributed by atoms with E-state index in [1.165, 1.54) is 0 Å². The number of nitrogens with zero attached hydrogens (tertiary/aromatic N) is 2. The molecule has 0 saturated carbocycles. The van der Waals surface area contributed by atoms with Crippen LogP contribution in [0.25, 0.3) is 10.6 Å². The molecule has 0 fully saturated rings. The highest BCUT2D eigenvalue weighted by molar-refractivity contribution is 7.93. The molecule has 3 heterocycles. The average Bonchev–Trinajstić information content (AvgIpc) is 3.11. The summed E-state index contributed by atoms with van der Waals surface area (Å²) in [6, 6.07) is 1.71. The first-order valence-corrected chi connectivity index (χ1v) is 10.6. The van der Waals surface area contributed by atoms with E-state index in [0.717, 1.165) is 22.5 Å². The number of ether oxygens (including phenoxy) is 1. The average molecular weight is 397 g/mol. The van der Waals surface area contributed by atoms with E-state index >= 15 is 0 Å². The molecule has 0 spiro atoms. The van der Waals surface area contributed by atoms with Gasteiger partial charge in [-0.3, -0.25) is 9.89 Å². The summed E-state index contributed by atoms with van der Waals surface area (Å²) in [5, 5.41) is 6.78. The van der Waals surface area contributed by atoms with Gasteiger partial charge in [0.2, 0.25) is 0 Å². The van der Waals surface area contributed by atoms with Crippen LogP contribution in [0.5, 0.6) is 0 Å². The molecule has 2 aromatic rings. The Morgan fingerprint density at radius 3 is 2.62 bits per heavy atom. The number of H-pyrrole nitrogens is 1. The highest BCUT2D eigenvalue weighted by Gasteiger charge is 2.39. The fourth-order valence-corrected chi connectivity index (χ4v) is 5.18. The molecule has 140 valence electrons. The molecular weight excluding hydrogens is 378 g/mol. The number of imide groups is 1. The van der Waals surface area contributed by atoms with Crippen molar-refractivity contribution in [1.82, 2.24) is 15.1 Å². The predicted octanol–water partition coefficient (Wildman–Crippen LogP) is 2.48. The van der Waals surface area contributed by atoms with Crippen LogP contribution in [0, 0.1) is 0 Å². The van der Waals surface area contributed by atoms with Gasteiger partial charge in [0.15, 0.2) is 9.84 Å². The minimum atomic E-state index is -3.65. The third kappa shape index (κ3) is 3.38. The molecule has 10 heteroatoms. The third-order valence-corrected chi connectivity index (χ3v) is 6.79. The van der Waals surface area contributed by atoms with E-state index in [1.54, 1.807) is 33.0 Å². The van der Waals surface area contributed by atoms with Crippen molar-refractivity contribution in [2.75, 3.05) is 12.8 Å². The lowest BCUT2D eigenvalue weighted by Gasteiger charge is -2.29. The first-order chi connectivity index (χ1) is 12.0. The van der Waals surface area contributed by atoms with Crippen molar-refractivity contribution in [2.45, 2.75) is 37.0 Å². The molecule has 0 radical (unpaired) electrons. The molecule has 0 unspecified atom stereocenters. The number of fused-ring (bicyclic) bond motifs is 1. The van der Waals surface area contributed by atoms with Crippen LogP contribution in [-0.4, -0.2) is 53.9 Å². The van der Waals surface area contributed by atoms with Crippen LogP contribution in [0.4, 0.5) is 4.79 Å². The number of carbonyl (C=O) groups excluding carboxylic acids is 2. The van der Waals surface area contributed by atoms with Crippen molar-refractivity contribution in [3.05, 3.63) is 23.4 Å². The van der Waals surface area contributed by atoms with Crippen LogP contribution >= 0.6 is 11.3 Å². The number of hydrogen-bond acceptors (Lipinski definition) is 7. The number of rotatable bonds is 2. The van der Waals surface area contributed by atoms with Gasteiger partial charge in [-0.15, -0.1) is 11.3 Å². The number of nitrogens with one attached hydrogen (secondary N) is 1. The fraction of sp³-hybridized carbons (Fsp3) is 0.438. The second kappa shape index (κ2) is 6.20. The number of carbonyl (C=O) groups is 2. The summed E-state index contributed by atoms with van der Waals surface area (Å²) in [4.78, 5) is 26.9. The van der Waals surface area contributed by atoms with Gasteiger partial charge >= 0.3 is 6.09 Å². The third-order valence-electron chi connectivity index (χ3n) is 3.70. The van der Waals surface area contributed by atoms with Gasteiger partial charge in [0, 0.05) is 19.0 Å². The van der Waals surface area contributed by atoms with Crippen LogP contribution < -0.4 is 0 Å². The number of amides is 2. The molecule has 0 saturated heterocycles. The van der Waals surface area contributed by atoms with Crippen LogP contribution in [0.2, 0.25) is 0 Å². The summed E-state index contributed by atoms with van der Waals surface area (Å²) >= 11 is 1.00. The zero-order valence-electron chi connectivity index (χ0n) is 14.8. The molecule has 1 aliphatic rings. The Balaban J connectivity index is 2.09. The standard InChI is InChI=1S/C16H19N3O5S2/c1-16(2,3)24-15(21)19-8-6-9-11(13(19)20)14(26(4,22)23)25-12(9)10-5-7-17-18-10/h5,7H,6,8H2,1-4H3,(H,17,18). The van der Waals surface area contributed by atoms with Gasteiger partial charge in [0.05, 0.1) is 10.4 Å². The molecule has 8 nitrogen and oxygen atoms in total. The van der Waals surface area contributed by atoms with Crippen molar-refractivity contribution >= 4 is 33.2 Å². The van der Waals surface area contributed by atoms with E-state index in [0.29, 0.717) is 22.6 Å². The number of sulfone groups is 1. The van der Waals surface area contributed by atoms with Crippen molar-refractivity contribution in [3.63, 3.8) is 0 Å². The Morgan fingerprint density at radius 1 is 1.38 bits per heavy atom. The quantitative estimate of drug-likeness (QED) is 0.834. The minimum Gasteiger partial charge on any atom is -0.443 e. The molecule has 0 bridgehead atoms. The molecule has 2 aromatic heterocycles. The van der Waals surface area contributed by atoms with Crippen molar-refractivity contribution in [3.8, 4) is 10.6 Å². The number of aromatic nitrogens is 2. The lowest BCUT2D eigenvalue weighted by atomic mass is 10.0. The van der Waals surface area contributed by atoms with Gasteiger partial charge in [-0.05, 0) is 38.8 Å². The topological polar surface area (TPSA) is 109 Å². The Bertz CT molecular complexity index is 968. The van der Waals surface area contributed by atoms with E-state index < -0.39 is 27.4 Å². The molecule has 2 amide bonds. The Hall–Kier alpha value is -2.20. The summed E-state index contributed by atoms with van der Waals surface area (Å²) in [5.41, 5.74) is 0.464. The van der Waals surface area contributed by atoms with Gasteiger partial charge in [0.25, 0.3) is 5.91 Å². The molecule has 0 aromatic carbocycles. The van der Waals surface area contributed by atoms with E-state index in [1.807, 2.05) is 0 Å². The summed E-state index contributed by atoms with van der Waals surface area (Å²) in [5.74, 6) is -0.654. The van der Waals surface area contributed by atoms with Crippen LogP contribution in [-0.2, 0) is 21.0 Å². The van der Waals surface area contributed by atoms with E-state index in [2.05, 4.69) is 10.2 Å². The highest BCUT2D eigenvalue weighted by Crippen LogP contribution is 2.41. The lowest BCUT2D eigenvalue weighted by molar-refractivity contribution is 0.0232. The Morgan fingerprint density at radius 2 is 2.08 bits per heavy atom. The summed E-state index contributed by atoms with van der Waals surface area (Å²) < 4.78 is 29.7. The molecule has 1 N–H and O–H groups in total. The molecule has 0 aliphatic carbocycles. The first-order valence-electron chi connectivity index (χ1n) is 7.90. The number of thiophene rings is 1. The first kappa shape index (κ1) is 18.6. The lowest BCUT2D eigenvalue weighted by Crippen LogP contribution is -2.44. The Kier molecular flexibility index (Phi) is 4.43. The van der Waals surface area contributed by atoms with Crippen molar-refractivity contribution < 1.29 is 22.7 Å². The minimum absolute atomic E-state index is 0.0487. The molecule has 3 rings (SSSR count). The smallest absolute Gasteiger partial charge is 0.417 e. The van der Waals surface area contributed by atoms with Gasteiger partial charge in [-0.1, -0.05) is 0 Å². The zero-order valence-corrected chi connectivity index (χ0v) is 16.5. The number of aromatic amines is 1. The van der Waals surface area contributed by atoms with E-state index in [9.17, 15) is 18.0 Å². The van der Waals surface area contributed by atoms with Gasteiger partial charge in [0.1, 0.15) is 15.5 Å². The summed E-state index contributed by atoms with van der Waals surface area (Å²) in [6.07, 6.45) is 2.24. The second-order valence-electron chi connectivity index (χ2n) is 6.99. The normalized spacial score (nSPS) is 15.1. The van der Waals surface area contributed by atoms with E-state index in [4.69, 9.17) is 4.74 Å². The van der Waals surface area contributed by atoms with Crippen molar-refractivity contribution in [1.29, 1.82) is 0 Å². The van der Waals surface area contributed by atoms with Crippen LogP contribution in [0.3, 0.4) is 0 Å². The monoisotopic (exact) mass is 397 g/mol. The second-order valence-corrected chi connectivity index (χ2v) is 10.2. The summed E-state index contributed by atoms with van der Waals surface area (Å²) in [6.45, 7) is 5.23. The highest BCUT2D eigenvalue weighted by atomic mass is 32.2. The predicted molar refractivity (Wildman–Crippen MR) is 96.0 cm³/mol. The molecule has 26 heavy (non-hydrogen) atoms. The summed E-state index contributed by atoms with van der Waals surface area (Å²) in [7, 11) is -3.65. The van der Waals surface area contributed by atoms with Crippen molar-refractivity contribution in [2.24, 2.45) is 0 Å². The van der Waals surface area contributed by atoms with Crippen LogP contribution in [0.1, 0.15) is 36.7 Å². The maximum atomic E-state index is 12.9.